The lowest BCUT2D eigenvalue weighted by Crippen LogP contribution is -2.61. The number of ether oxygens (including phenoxy) is 1. The highest BCUT2D eigenvalue weighted by molar-refractivity contribution is 5.92. The van der Waals surface area contributed by atoms with E-state index >= 15 is 0 Å². The summed E-state index contributed by atoms with van der Waals surface area (Å²) in [6.45, 7) is 17.4. The average molecular weight is 517 g/mol. The van der Waals surface area contributed by atoms with Gasteiger partial charge in [0.25, 0.3) is 0 Å². The molecule has 0 aliphatic rings. The maximum absolute atomic E-state index is 13.9. The Morgan fingerprint density at radius 1 is 1.11 bits per heavy atom. The van der Waals surface area contributed by atoms with Crippen LogP contribution in [0.5, 0.6) is 0 Å². The van der Waals surface area contributed by atoms with E-state index in [1.807, 2.05) is 66.7 Å². The van der Waals surface area contributed by atoms with Gasteiger partial charge in [0.15, 0.2) is 0 Å². The highest BCUT2D eigenvalue weighted by atomic mass is 16.5. The number of amides is 2. The predicted octanol–water partition coefficient (Wildman–Crippen LogP) is 3.66. The van der Waals surface area contributed by atoms with Gasteiger partial charge in [-0.25, -0.2) is 4.79 Å². The van der Waals surface area contributed by atoms with Crippen LogP contribution in [0.2, 0.25) is 0 Å². The maximum Gasteiger partial charge on any atom is 0.333 e. The molecule has 3 atom stereocenters. The van der Waals surface area contributed by atoms with Crippen molar-refractivity contribution in [1.82, 2.24) is 15.5 Å². The molecule has 4 N–H and O–H groups in total. The van der Waals surface area contributed by atoms with E-state index in [0.717, 1.165) is 5.56 Å². The number of anilines is 1. The van der Waals surface area contributed by atoms with Gasteiger partial charge >= 0.3 is 5.97 Å². The first-order chi connectivity index (χ1) is 17.0. The molecular weight excluding hydrogens is 468 g/mol. The Hall–Kier alpha value is -2.87. The minimum Gasteiger partial charge on any atom is -0.463 e. The summed E-state index contributed by atoms with van der Waals surface area (Å²) in [5, 5.41) is 6.17. The summed E-state index contributed by atoms with van der Waals surface area (Å²) in [5.74, 6) is -0.891. The molecule has 0 radical (unpaired) electrons. The van der Waals surface area contributed by atoms with Crippen molar-refractivity contribution in [2.24, 2.45) is 11.3 Å². The van der Waals surface area contributed by atoms with E-state index in [2.05, 4.69) is 10.6 Å². The number of nitrogens with two attached hydrogens (primary N) is 1. The minimum atomic E-state index is -0.796. The molecule has 8 nitrogen and oxygen atoms in total. The number of esters is 1. The number of carbonyl (C=O) groups is 3. The van der Waals surface area contributed by atoms with Crippen molar-refractivity contribution >= 4 is 23.5 Å². The fraction of sp³-hybridized carbons (Fsp3) is 0.621. The number of nitrogens with zero attached hydrogens (tertiary/aromatic N) is 1. The Morgan fingerprint density at radius 3 is 2.16 bits per heavy atom. The smallest absolute Gasteiger partial charge is 0.333 e. The van der Waals surface area contributed by atoms with Crippen molar-refractivity contribution in [2.75, 3.05) is 26.4 Å². The normalized spacial score (nSPS) is 15.1. The number of hydrogen-bond acceptors (Lipinski definition) is 6. The van der Waals surface area contributed by atoms with Crippen LogP contribution in [0.3, 0.4) is 0 Å². The topological polar surface area (TPSA) is 114 Å². The molecule has 0 unspecified atom stereocenters. The monoisotopic (exact) mass is 516 g/mol. The first-order valence-corrected chi connectivity index (χ1v) is 12.9. The molecule has 1 aromatic carbocycles. The standard InChI is InChI=1S/C29H48N4O4/c1-12-37-27(36)19(4)16-22(18(2)3)33(11)26(35)24(28(5,6)7)32-25(34)23(31-10)29(8,9)20-14-13-15-21(30)17-20/h13-18,22-24,31H,12,30H2,1-11H3,(H,32,34)/b19-16+/t22-,23-,24-/m1/s1. The van der Waals surface area contributed by atoms with Crippen molar-refractivity contribution in [2.45, 2.75) is 85.9 Å². The zero-order valence-corrected chi connectivity index (χ0v) is 24.6. The summed E-state index contributed by atoms with van der Waals surface area (Å²) in [7, 11) is 3.44. The van der Waals surface area contributed by atoms with Crippen molar-refractivity contribution in [1.29, 1.82) is 0 Å². The zero-order valence-electron chi connectivity index (χ0n) is 24.6. The SMILES string of the molecule is CCOC(=O)/C(C)=C/[C@H](C(C)C)N(C)C(=O)[C@@H](NC(=O)[C@@H](NC)C(C)(C)c1cccc(N)c1)C(C)(C)C. The van der Waals surface area contributed by atoms with Crippen LogP contribution in [0.4, 0.5) is 5.69 Å². The number of nitrogens with one attached hydrogen (secondary N) is 2. The Bertz CT molecular complexity index is 978. The first kappa shape index (κ1) is 32.2. The number of benzene rings is 1. The van der Waals surface area contributed by atoms with Gasteiger partial charge in [-0.3, -0.25) is 9.59 Å². The van der Waals surface area contributed by atoms with Gasteiger partial charge in [-0.2, -0.15) is 0 Å². The van der Waals surface area contributed by atoms with Crippen LogP contribution in [0.1, 0.15) is 67.9 Å². The summed E-state index contributed by atoms with van der Waals surface area (Å²) in [4.78, 5) is 41.3. The first-order valence-electron chi connectivity index (χ1n) is 12.9. The second kappa shape index (κ2) is 13.1. The number of hydrogen-bond donors (Lipinski definition) is 3. The molecule has 0 aliphatic carbocycles. The molecule has 0 aliphatic heterocycles. The molecule has 0 saturated heterocycles. The lowest BCUT2D eigenvalue weighted by molar-refractivity contribution is -0.141. The molecule has 0 bridgehead atoms. The maximum atomic E-state index is 13.9. The fourth-order valence-electron chi connectivity index (χ4n) is 4.47. The molecule has 0 heterocycles. The lowest BCUT2D eigenvalue weighted by Gasteiger charge is -2.40. The predicted molar refractivity (Wildman–Crippen MR) is 150 cm³/mol. The summed E-state index contributed by atoms with van der Waals surface area (Å²) in [6, 6.07) is 5.71. The van der Waals surface area contributed by atoms with Crippen LogP contribution in [-0.4, -0.2) is 61.5 Å². The van der Waals surface area contributed by atoms with E-state index in [1.54, 1.807) is 45.0 Å². The lowest BCUT2D eigenvalue weighted by atomic mass is 9.76. The molecule has 208 valence electrons. The largest absolute Gasteiger partial charge is 0.463 e. The van der Waals surface area contributed by atoms with Crippen LogP contribution >= 0.6 is 0 Å². The highest BCUT2D eigenvalue weighted by Gasteiger charge is 2.41. The molecule has 0 spiro atoms. The van der Waals surface area contributed by atoms with E-state index in [9.17, 15) is 14.4 Å². The van der Waals surface area contributed by atoms with Gasteiger partial charge in [0.2, 0.25) is 11.8 Å². The molecule has 1 aromatic rings. The van der Waals surface area contributed by atoms with Gasteiger partial charge in [0, 0.05) is 23.7 Å². The quantitative estimate of drug-likeness (QED) is 0.235. The average Bonchev–Trinajstić information content (AvgIpc) is 2.79. The minimum absolute atomic E-state index is 0.0298. The number of rotatable bonds is 11. The number of likely N-dealkylation sites (N-methyl/N-ethyl adjacent to an activating group) is 2. The summed E-state index contributed by atoms with van der Waals surface area (Å²) >= 11 is 0. The van der Waals surface area contributed by atoms with Gasteiger partial charge < -0.3 is 26.0 Å². The Balaban J connectivity index is 3.31. The zero-order chi connectivity index (χ0) is 28.7. The Morgan fingerprint density at radius 2 is 1.70 bits per heavy atom. The van der Waals surface area contributed by atoms with E-state index in [0.29, 0.717) is 11.3 Å². The van der Waals surface area contributed by atoms with Gasteiger partial charge in [-0.05, 0) is 49.9 Å². The molecular formula is C29H48N4O4. The second-order valence-electron chi connectivity index (χ2n) is 11.6. The molecule has 37 heavy (non-hydrogen) atoms. The third-order valence-electron chi connectivity index (χ3n) is 6.80. The summed E-state index contributed by atoms with van der Waals surface area (Å²) in [5.41, 5.74) is 6.80. The molecule has 0 fully saturated rings. The van der Waals surface area contributed by atoms with Crippen LogP contribution < -0.4 is 16.4 Å². The Kier molecular flexibility index (Phi) is 11.4. The van der Waals surface area contributed by atoms with E-state index in [4.69, 9.17) is 10.5 Å². The van der Waals surface area contributed by atoms with Crippen LogP contribution in [-0.2, 0) is 24.5 Å². The van der Waals surface area contributed by atoms with Gasteiger partial charge in [0.05, 0.1) is 18.7 Å². The van der Waals surface area contributed by atoms with Crippen molar-refractivity contribution in [3.8, 4) is 0 Å². The number of carbonyl (C=O) groups excluding carboxylic acids is 3. The van der Waals surface area contributed by atoms with Gasteiger partial charge in [-0.15, -0.1) is 0 Å². The molecule has 0 saturated carbocycles. The number of nitrogen functional groups attached to an aromatic ring is 1. The third-order valence-corrected chi connectivity index (χ3v) is 6.80. The van der Waals surface area contributed by atoms with Crippen molar-refractivity contribution in [3.05, 3.63) is 41.5 Å². The summed E-state index contributed by atoms with van der Waals surface area (Å²) in [6.07, 6.45) is 1.77. The molecule has 8 heteroatoms. The van der Waals surface area contributed by atoms with Crippen LogP contribution in [0.25, 0.3) is 0 Å². The molecule has 1 rings (SSSR count). The van der Waals surface area contributed by atoms with E-state index in [-0.39, 0.29) is 30.4 Å². The summed E-state index contributed by atoms with van der Waals surface area (Å²) < 4.78 is 5.11. The Labute approximate surface area is 223 Å². The fourth-order valence-corrected chi connectivity index (χ4v) is 4.47. The molecule has 0 aromatic heterocycles. The van der Waals surface area contributed by atoms with Crippen molar-refractivity contribution in [3.63, 3.8) is 0 Å². The highest BCUT2D eigenvalue weighted by Crippen LogP contribution is 2.30. The van der Waals surface area contributed by atoms with E-state index in [1.165, 1.54) is 0 Å². The van der Waals surface area contributed by atoms with Gasteiger partial charge in [-0.1, -0.05) is 66.7 Å². The van der Waals surface area contributed by atoms with Gasteiger partial charge in [0.1, 0.15) is 6.04 Å². The second-order valence-corrected chi connectivity index (χ2v) is 11.6. The third kappa shape index (κ3) is 8.32. The van der Waals surface area contributed by atoms with Crippen molar-refractivity contribution < 1.29 is 19.1 Å². The van der Waals surface area contributed by atoms with Crippen LogP contribution in [0, 0.1) is 11.3 Å². The van der Waals surface area contributed by atoms with Crippen LogP contribution in [0.15, 0.2) is 35.9 Å². The van der Waals surface area contributed by atoms with E-state index < -0.39 is 28.9 Å². The molecule has 2 amide bonds.